The number of H-pyrrole nitrogens is 2. The molecule has 4 heteroatoms. The molecule has 0 radical (unpaired) electrons. The molecular weight excluding hydrogens is 232 g/mol. The molecule has 0 atom stereocenters. The summed E-state index contributed by atoms with van der Waals surface area (Å²) in [5, 5.41) is 0. The van der Waals surface area contributed by atoms with Crippen molar-refractivity contribution in [2.45, 2.75) is 51.9 Å². The van der Waals surface area contributed by atoms with Crippen molar-refractivity contribution >= 4 is 12.2 Å². The normalized spacial score (nSPS) is 17.2. The molecule has 1 aliphatic rings. The molecule has 1 heterocycles. The molecule has 3 nitrogen and oxygen atoms in total. The van der Waals surface area contributed by atoms with Crippen LogP contribution in [0.25, 0.3) is 0 Å². The van der Waals surface area contributed by atoms with Crippen molar-refractivity contribution in [1.82, 2.24) is 9.97 Å². The van der Waals surface area contributed by atoms with Crippen molar-refractivity contribution in [3.63, 3.8) is 0 Å². The highest BCUT2D eigenvalue weighted by atomic mass is 32.1. The predicted octanol–water partition coefficient (Wildman–Crippen LogP) is 3.12. The van der Waals surface area contributed by atoms with E-state index in [-0.39, 0.29) is 5.56 Å². The maximum atomic E-state index is 11.8. The molecule has 0 saturated heterocycles. The molecule has 0 aromatic carbocycles. The number of hydrogen-bond donors (Lipinski definition) is 2. The SMILES string of the molecule is CCc1c(CC2CCCCC2)[nH]c(=S)[nH]c1=O. The summed E-state index contributed by atoms with van der Waals surface area (Å²) >= 11 is 5.05. The molecule has 1 aromatic heterocycles. The van der Waals surface area contributed by atoms with E-state index in [0.717, 1.165) is 30.0 Å². The highest BCUT2D eigenvalue weighted by Gasteiger charge is 2.16. The van der Waals surface area contributed by atoms with Gasteiger partial charge >= 0.3 is 0 Å². The molecule has 94 valence electrons. The van der Waals surface area contributed by atoms with E-state index in [1.807, 2.05) is 6.92 Å². The maximum Gasteiger partial charge on any atom is 0.255 e. The first kappa shape index (κ1) is 12.6. The van der Waals surface area contributed by atoms with E-state index in [9.17, 15) is 4.79 Å². The van der Waals surface area contributed by atoms with Gasteiger partial charge in [0, 0.05) is 11.3 Å². The van der Waals surface area contributed by atoms with Crippen molar-refractivity contribution in [2.75, 3.05) is 0 Å². The Balaban J connectivity index is 2.24. The molecule has 0 aliphatic heterocycles. The monoisotopic (exact) mass is 252 g/mol. The van der Waals surface area contributed by atoms with Crippen LogP contribution in [-0.4, -0.2) is 9.97 Å². The first-order valence-electron chi connectivity index (χ1n) is 6.55. The second-order valence-electron chi connectivity index (χ2n) is 4.93. The Hall–Kier alpha value is -0.900. The molecule has 0 unspecified atom stereocenters. The van der Waals surface area contributed by atoms with Crippen LogP contribution < -0.4 is 5.56 Å². The largest absolute Gasteiger partial charge is 0.336 e. The molecule has 2 N–H and O–H groups in total. The van der Waals surface area contributed by atoms with Crippen LogP contribution in [0.15, 0.2) is 4.79 Å². The van der Waals surface area contributed by atoms with Crippen molar-refractivity contribution in [1.29, 1.82) is 0 Å². The Bertz CT molecular complexity index is 483. The van der Waals surface area contributed by atoms with E-state index in [4.69, 9.17) is 12.2 Å². The van der Waals surface area contributed by atoms with Gasteiger partial charge in [-0.25, -0.2) is 0 Å². The Morgan fingerprint density at radius 1 is 1.24 bits per heavy atom. The Kier molecular flexibility index (Phi) is 4.15. The number of aromatic amines is 2. The van der Waals surface area contributed by atoms with Gasteiger partial charge in [0.2, 0.25) is 0 Å². The van der Waals surface area contributed by atoms with Gasteiger partial charge < -0.3 is 4.98 Å². The lowest BCUT2D eigenvalue weighted by Crippen LogP contribution is -2.20. The van der Waals surface area contributed by atoms with Crippen LogP contribution in [0.4, 0.5) is 0 Å². The summed E-state index contributed by atoms with van der Waals surface area (Å²) in [6, 6.07) is 0. The summed E-state index contributed by atoms with van der Waals surface area (Å²) in [6.07, 6.45) is 8.35. The van der Waals surface area contributed by atoms with E-state index in [1.165, 1.54) is 32.1 Å². The fraction of sp³-hybridized carbons (Fsp3) is 0.692. The molecule has 17 heavy (non-hydrogen) atoms. The van der Waals surface area contributed by atoms with Crippen LogP contribution in [0.2, 0.25) is 0 Å². The average molecular weight is 252 g/mol. The number of rotatable bonds is 3. The van der Waals surface area contributed by atoms with Gasteiger partial charge in [-0.3, -0.25) is 9.78 Å². The first-order valence-corrected chi connectivity index (χ1v) is 6.96. The lowest BCUT2D eigenvalue weighted by Gasteiger charge is -2.22. The predicted molar refractivity (Wildman–Crippen MR) is 71.9 cm³/mol. The molecule has 1 aromatic rings. The molecular formula is C13H20N2OS. The first-order chi connectivity index (χ1) is 8.20. The second kappa shape index (κ2) is 5.63. The smallest absolute Gasteiger partial charge is 0.255 e. The van der Waals surface area contributed by atoms with Crippen LogP contribution in [-0.2, 0) is 12.8 Å². The van der Waals surface area contributed by atoms with Crippen LogP contribution in [0.5, 0.6) is 0 Å². The van der Waals surface area contributed by atoms with Gasteiger partial charge in [-0.05, 0) is 31.0 Å². The van der Waals surface area contributed by atoms with Crippen LogP contribution in [0.1, 0.15) is 50.3 Å². The fourth-order valence-electron chi connectivity index (χ4n) is 2.79. The van der Waals surface area contributed by atoms with Crippen LogP contribution in [0, 0.1) is 10.7 Å². The van der Waals surface area contributed by atoms with E-state index in [2.05, 4.69) is 9.97 Å². The van der Waals surface area contributed by atoms with E-state index in [1.54, 1.807) is 0 Å². The minimum atomic E-state index is -0.0120. The molecule has 1 fully saturated rings. The highest BCUT2D eigenvalue weighted by Crippen LogP contribution is 2.26. The standard InChI is InChI=1S/C13H20N2OS/c1-2-10-11(14-13(17)15-12(10)16)8-9-6-4-3-5-7-9/h9H,2-8H2,1H3,(H2,14,15,16,17). The molecule has 0 spiro atoms. The summed E-state index contributed by atoms with van der Waals surface area (Å²) in [5.74, 6) is 0.724. The minimum absolute atomic E-state index is 0.0120. The number of nitrogens with one attached hydrogen (secondary N) is 2. The van der Waals surface area contributed by atoms with Gasteiger partial charge in [-0.1, -0.05) is 39.0 Å². The van der Waals surface area contributed by atoms with E-state index < -0.39 is 0 Å². The quantitative estimate of drug-likeness (QED) is 0.812. The molecule has 0 amide bonds. The Morgan fingerprint density at radius 3 is 2.59 bits per heavy atom. The minimum Gasteiger partial charge on any atom is -0.336 e. The fourth-order valence-corrected chi connectivity index (χ4v) is 3.00. The number of aromatic nitrogens is 2. The van der Waals surface area contributed by atoms with E-state index in [0.29, 0.717) is 4.77 Å². The zero-order valence-corrected chi connectivity index (χ0v) is 11.2. The summed E-state index contributed by atoms with van der Waals surface area (Å²) in [4.78, 5) is 17.6. The van der Waals surface area contributed by atoms with Crippen molar-refractivity contribution in [3.05, 3.63) is 26.4 Å². The van der Waals surface area contributed by atoms with Gasteiger partial charge in [0.1, 0.15) is 0 Å². The summed E-state index contributed by atoms with van der Waals surface area (Å²) < 4.78 is 0.456. The molecule has 1 aliphatic carbocycles. The van der Waals surface area contributed by atoms with Crippen molar-refractivity contribution in [2.24, 2.45) is 5.92 Å². The zero-order valence-electron chi connectivity index (χ0n) is 10.3. The third kappa shape index (κ3) is 3.06. The van der Waals surface area contributed by atoms with Crippen molar-refractivity contribution < 1.29 is 0 Å². The Morgan fingerprint density at radius 2 is 1.94 bits per heavy atom. The molecule has 0 bridgehead atoms. The van der Waals surface area contributed by atoms with Crippen LogP contribution in [0.3, 0.4) is 0 Å². The van der Waals surface area contributed by atoms with Crippen molar-refractivity contribution in [3.8, 4) is 0 Å². The maximum absolute atomic E-state index is 11.8. The Labute approximate surface area is 107 Å². The van der Waals surface area contributed by atoms with E-state index >= 15 is 0 Å². The lowest BCUT2D eigenvalue weighted by atomic mass is 9.85. The number of hydrogen-bond acceptors (Lipinski definition) is 2. The third-order valence-electron chi connectivity index (χ3n) is 3.70. The summed E-state index contributed by atoms with van der Waals surface area (Å²) in [7, 11) is 0. The van der Waals surface area contributed by atoms with Gasteiger partial charge in [-0.2, -0.15) is 0 Å². The average Bonchev–Trinajstić information content (AvgIpc) is 2.30. The van der Waals surface area contributed by atoms with Gasteiger partial charge in [0.05, 0.1) is 0 Å². The highest BCUT2D eigenvalue weighted by molar-refractivity contribution is 7.71. The summed E-state index contributed by atoms with van der Waals surface area (Å²) in [5.41, 5.74) is 1.93. The topological polar surface area (TPSA) is 48.6 Å². The summed E-state index contributed by atoms with van der Waals surface area (Å²) in [6.45, 7) is 2.02. The van der Waals surface area contributed by atoms with Gasteiger partial charge in [0.15, 0.2) is 4.77 Å². The third-order valence-corrected chi connectivity index (χ3v) is 3.91. The van der Waals surface area contributed by atoms with Crippen LogP contribution >= 0.6 is 12.2 Å². The second-order valence-corrected chi connectivity index (χ2v) is 5.34. The zero-order chi connectivity index (χ0) is 12.3. The molecule has 1 saturated carbocycles. The van der Waals surface area contributed by atoms with Gasteiger partial charge in [-0.15, -0.1) is 0 Å². The van der Waals surface area contributed by atoms with Gasteiger partial charge in [0.25, 0.3) is 5.56 Å². The lowest BCUT2D eigenvalue weighted by molar-refractivity contribution is 0.353. The molecule has 2 rings (SSSR count).